The van der Waals surface area contributed by atoms with Crippen LogP contribution in [0.25, 0.3) is 10.8 Å². The molecule has 5 heteroatoms. The molecule has 3 N–H and O–H groups in total. The summed E-state index contributed by atoms with van der Waals surface area (Å²) in [4.78, 5) is 0.280. The third-order valence-electron chi connectivity index (χ3n) is 2.94. The van der Waals surface area contributed by atoms with Crippen LogP contribution in [0.4, 0.5) is 0 Å². The third kappa shape index (κ3) is 2.38. The summed E-state index contributed by atoms with van der Waals surface area (Å²) in [6.45, 7) is 0.544. The fourth-order valence-electron chi connectivity index (χ4n) is 1.98. The number of hydrogen-bond donors (Lipinski definition) is 2. The largest absolute Gasteiger partial charge is 0.330 e. The molecule has 0 aliphatic carbocycles. The monoisotopic (exact) mass is 264 g/mol. The first-order valence-corrected chi connectivity index (χ1v) is 7.22. The maximum atomic E-state index is 11.8. The van der Waals surface area contributed by atoms with Gasteiger partial charge in [0.05, 0.1) is 4.90 Å². The Balaban J connectivity index is 2.66. The minimum Gasteiger partial charge on any atom is -0.330 e. The Bertz CT molecular complexity index is 666. The molecule has 2 aromatic rings. The molecule has 18 heavy (non-hydrogen) atoms. The van der Waals surface area contributed by atoms with E-state index < -0.39 is 10.0 Å². The molecule has 0 fully saturated rings. The van der Waals surface area contributed by atoms with Crippen molar-refractivity contribution in [2.75, 3.05) is 13.6 Å². The van der Waals surface area contributed by atoms with Gasteiger partial charge in [-0.1, -0.05) is 24.3 Å². The van der Waals surface area contributed by atoms with Gasteiger partial charge in [-0.3, -0.25) is 0 Å². The summed E-state index contributed by atoms with van der Waals surface area (Å²) in [5.74, 6) is 0. The Morgan fingerprint density at radius 2 is 2.00 bits per heavy atom. The van der Waals surface area contributed by atoms with Crippen molar-refractivity contribution in [2.24, 2.45) is 5.73 Å². The molecule has 0 amide bonds. The first kappa shape index (κ1) is 13.0. The molecule has 0 saturated heterocycles. The molecule has 0 aliphatic rings. The normalized spacial score (nSPS) is 11.9. The summed E-state index contributed by atoms with van der Waals surface area (Å²) >= 11 is 0. The van der Waals surface area contributed by atoms with Gasteiger partial charge in [0.15, 0.2) is 0 Å². The molecule has 0 aromatic heterocycles. The van der Waals surface area contributed by atoms with E-state index in [4.69, 9.17) is 5.73 Å². The van der Waals surface area contributed by atoms with Crippen LogP contribution in [0.2, 0.25) is 0 Å². The number of fused-ring (bicyclic) bond motifs is 1. The van der Waals surface area contributed by atoms with Gasteiger partial charge in [0.25, 0.3) is 0 Å². The van der Waals surface area contributed by atoms with Crippen molar-refractivity contribution in [1.82, 2.24) is 4.72 Å². The highest BCUT2D eigenvalue weighted by atomic mass is 32.2. The minimum absolute atomic E-state index is 0.280. The fraction of sp³-hybridized carbons (Fsp3) is 0.231. The third-order valence-corrected chi connectivity index (χ3v) is 4.35. The second kappa shape index (κ2) is 5.06. The van der Waals surface area contributed by atoms with E-state index >= 15 is 0 Å². The van der Waals surface area contributed by atoms with Gasteiger partial charge in [-0.25, -0.2) is 13.1 Å². The van der Waals surface area contributed by atoms with E-state index in [-0.39, 0.29) is 4.90 Å². The number of hydrogen-bond acceptors (Lipinski definition) is 3. The molecular weight excluding hydrogens is 248 g/mol. The Morgan fingerprint density at radius 3 is 2.67 bits per heavy atom. The lowest BCUT2D eigenvalue weighted by Gasteiger charge is -2.08. The van der Waals surface area contributed by atoms with Crippen molar-refractivity contribution in [1.29, 1.82) is 0 Å². The maximum Gasteiger partial charge on any atom is 0.240 e. The highest BCUT2D eigenvalue weighted by molar-refractivity contribution is 7.89. The van der Waals surface area contributed by atoms with E-state index in [1.807, 2.05) is 24.3 Å². The molecule has 0 saturated carbocycles. The molecule has 0 radical (unpaired) electrons. The van der Waals surface area contributed by atoms with Crippen LogP contribution < -0.4 is 10.5 Å². The second-order valence-electron chi connectivity index (χ2n) is 4.05. The molecule has 2 rings (SSSR count). The zero-order valence-corrected chi connectivity index (χ0v) is 11.0. The molecule has 4 nitrogen and oxygen atoms in total. The van der Waals surface area contributed by atoms with E-state index in [0.717, 1.165) is 22.8 Å². The standard InChI is InChI=1S/C13H16N2O2S/c1-15-18(16,17)12-6-5-10-3-2-4-11(7-8-14)13(10)9-12/h2-6,9,15H,7-8,14H2,1H3. The second-order valence-corrected chi connectivity index (χ2v) is 5.93. The summed E-state index contributed by atoms with van der Waals surface area (Å²) < 4.78 is 25.9. The first-order chi connectivity index (χ1) is 8.58. The summed E-state index contributed by atoms with van der Waals surface area (Å²) in [7, 11) is -1.99. The lowest BCUT2D eigenvalue weighted by Crippen LogP contribution is -2.18. The summed E-state index contributed by atoms with van der Waals surface area (Å²) in [6.07, 6.45) is 0.737. The molecule has 0 spiro atoms. The SMILES string of the molecule is CNS(=O)(=O)c1ccc2cccc(CCN)c2c1. The maximum absolute atomic E-state index is 11.8. The number of nitrogens with one attached hydrogen (secondary N) is 1. The van der Waals surface area contributed by atoms with Gasteiger partial charge in [-0.05, 0) is 48.5 Å². The van der Waals surface area contributed by atoms with E-state index in [1.165, 1.54) is 7.05 Å². The lowest BCUT2D eigenvalue weighted by atomic mass is 10.0. The van der Waals surface area contributed by atoms with Crippen molar-refractivity contribution >= 4 is 20.8 Å². The van der Waals surface area contributed by atoms with Crippen LogP contribution in [0.5, 0.6) is 0 Å². The van der Waals surface area contributed by atoms with Crippen LogP contribution in [0, 0.1) is 0 Å². The molecule has 0 aliphatic heterocycles. The minimum atomic E-state index is -3.40. The van der Waals surface area contributed by atoms with Gasteiger partial charge in [0.1, 0.15) is 0 Å². The van der Waals surface area contributed by atoms with Crippen molar-refractivity contribution in [3.8, 4) is 0 Å². The fourth-order valence-corrected chi connectivity index (χ4v) is 2.73. The van der Waals surface area contributed by atoms with Crippen molar-refractivity contribution < 1.29 is 8.42 Å². The van der Waals surface area contributed by atoms with E-state index in [1.54, 1.807) is 12.1 Å². The van der Waals surface area contributed by atoms with E-state index in [9.17, 15) is 8.42 Å². The van der Waals surface area contributed by atoms with Crippen molar-refractivity contribution in [3.63, 3.8) is 0 Å². The Morgan fingerprint density at radius 1 is 1.22 bits per heavy atom. The summed E-state index contributed by atoms with van der Waals surface area (Å²) in [5.41, 5.74) is 6.64. The van der Waals surface area contributed by atoms with Crippen LogP contribution >= 0.6 is 0 Å². The zero-order valence-electron chi connectivity index (χ0n) is 10.2. The zero-order chi connectivity index (χ0) is 13.2. The summed E-state index contributed by atoms with van der Waals surface area (Å²) in [6, 6.07) is 11.0. The predicted octanol–water partition coefficient (Wildman–Crippen LogP) is 1.25. The average molecular weight is 264 g/mol. The molecular formula is C13H16N2O2S. The van der Waals surface area contributed by atoms with Gasteiger partial charge in [0, 0.05) is 0 Å². The Hall–Kier alpha value is -1.43. The van der Waals surface area contributed by atoms with Gasteiger partial charge in [-0.2, -0.15) is 0 Å². The van der Waals surface area contributed by atoms with Crippen LogP contribution in [0.15, 0.2) is 41.3 Å². The van der Waals surface area contributed by atoms with Gasteiger partial charge < -0.3 is 5.73 Å². The van der Waals surface area contributed by atoms with Gasteiger partial charge >= 0.3 is 0 Å². The molecule has 0 atom stereocenters. The van der Waals surface area contributed by atoms with Crippen LogP contribution in [0.3, 0.4) is 0 Å². The van der Waals surface area contributed by atoms with E-state index in [0.29, 0.717) is 6.54 Å². The van der Waals surface area contributed by atoms with Gasteiger partial charge in [0.2, 0.25) is 10.0 Å². The topological polar surface area (TPSA) is 72.2 Å². The quantitative estimate of drug-likeness (QED) is 0.873. The van der Waals surface area contributed by atoms with Crippen molar-refractivity contribution in [3.05, 3.63) is 42.0 Å². The smallest absolute Gasteiger partial charge is 0.240 e. The van der Waals surface area contributed by atoms with Crippen LogP contribution in [-0.4, -0.2) is 22.0 Å². The van der Waals surface area contributed by atoms with Crippen LogP contribution in [0.1, 0.15) is 5.56 Å². The average Bonchev–Trinajstić information content (AvgIpc) is 2.39. The van der Waals surface area contributed by atoms with Crippen LogP contribution in [-0.2, 0) is 16.4 Å². The molecule has 96 valence electrons. The highest BCUT2D eigenvalue weighted by Gasteiger charge is 2.12. The molecule has 0 heterocycles. The number of sulfonamides is 1. The molecule has 2 aromatic carbocycles. The summed E-state index contributed by atoms with van der Waals surface area (Å²) in [5, 5.41) is 1.97. The Labute approximate surface area is 107 Å². The molecule has 0 bridgehead atoms. The lowest BCUT2D eigenvalue weighted by molar-refractivity contribution is 0.588. The number of rotatable bonds is 4. The number of benzene rings is 2. The first-order valence-electron chi connectivity index (χ1n) is 5.74. The molecule has 0 unspecified atom stereocenters. The van der Waals surface area contributed by atoms with Gasteiger partial charge in [-0.15, -0.1) is 0 Å². The van der Waals surface area contributed by atoms with E-state index in [2.05, 4.69) is 4.72 Å². The van der Waals surface area contributed by atoms with Crippen molar-refractivity contribution in [2.45, 2.75) is 11.3 Å². The highest BCUT2D eigenvalue weighted by Crippen LogP contribution is 2.22. The Kier molecular flexibility index (Phi) is 3.65. The number of nitrogens with two attached hydrogens (primary N) is 1. The predicted molar refractivity (Wildman–Crippen MR) is 73.0 cm³/mol.